The molecule has 0 amide bonds. The van der Waals surface area contributed by atoms with Gasteiger partial charge in [-0.3, -0.25) is 0 Å². The van der Waals surface area contributed by atoms with Crippen LogP contribution in [-0.4, -0.2) is 23.4 Å². The third-order valence-electron chi connectivity index (χ3n) is 4.84. The minimum atomic E-state index is -1.53. The second kappa shape index (κ2) is 9.28. The van der Waals surface area contributed by atoms with Gasteiger partial charge in [0.25, 0.3) is 0 Å². The molecule has 26 heavy (non-hydrogen) atoms. The van der Waals surface area contributed by atoms with Crippen LogP contribution in [0.2, 0.25) is 0 Å². The Kier molecular flexibility index (Phi) is 7.61. The van der Waals surface area contributed by atoms with Gasteiger partial charge in [-0.05, 0) is 39.2 Å². The van der Waals surface area contributed by atoms with Crippen LogP contribution in [0.5, 0.6) is 0 Å². The second-order valence-corrected chi connectivity index (χ2v) is 10.1. The summed E-state index contributed by atoms with van der Waals surface area (Å²) in [4.78, 5) is 0. The predicted octanol–water partition coefficient (Wildman–Crippen LogP) is 6.21. The molecule has 1 fully saturated rings. The molecule has 1 saturated heterocycles. The molecule has 2 rings (SSSR count). The van der Waals surface area contributed by atoms with Crippen LogP contribution in [0, 0.1) is 5.41 Å². The normalized spacial score (nSPS) is 19.8. The lowest BCUT2D eigenvalue weighted by molar-refractivity contribution is 0.0328. The summed E-state index contributed by atoms with van der Waals surface area (Å²) in [5.74, 6) is 0. The zero-order valence-electron chi connectivity index (χ0n) is 17.0. The van der Waals surface area contributed by atoms with Crippen LogP contribution in [-0.2, 0) is 15.6 Å². The van der Waals surface area contributed by atoms with E-state index in [1.807, 2.05) is 0 Å². The fourth-order valence-electron chi connectivity index (χ4n) is 2.97. The number of benzene rings is 1. The first-order chi connectivity index (χ1) is 12.3. The molecule has 0 aromatic heterocycles. The highest BCUT2D eigenvalue weighted by Crippen LogP contribution is 2.53. The van der Waals surface area contributed by atoms with E-state index < -0.39 is 8.53 Å². The molecule has 1 aliphatic rings. The molecule has 1 aromatic rings. The first-order valence-corrected chi connectivity index (χ1v) is 10.7. The number of rotatable bonds is 8. The highest BCUT2D eigenvalue weighted by molar-refractivity contribution is 7.44. The van der Waals surface area contributed by atoms with Gasteiger partial charge in [0.05, 0.1) is 12.1 Å². The quantitative estimate of drug-likeness (QED) is 0.397. The summed E-state index contributed by atoms with van der Waals surface area (Å²) in [5.41, 5.74) is 2.54. The molecule has 1 heterocycles. The van der Waals surface area contributed by atoms with Crippen molar-refractivity contribution in [2.24, 2.45) is 5.41 Å². The Morgan fingerprint density at radius 1 is 1.23 bits per heavy atom. The standard InChI is InChI=1S/C22H34NO2P/c1-7-22(6,15-11-12-19(2)3)23(16-20-13-9-8-10-14-20)26-24-17-21(4,5)18-25-26/h7-10,12-14H,1,11,15-18H2,2-6H3/p+1. The van der Waals surface area contributed by atoms with E-state index in [4.69, 9.17) is 9.05 Å². The fourth-order valence-corrected chi connectivity index (χ4v) is 5.33. The van der Waals surface area contributed by atoms with Crippen LogP contribution in [0.25, 0.3) is 0 Å². The maximum absolute atomic E-state index is 6.25. The molecule has 0 spiro atoms. The second-order valence-electron chi connectivity index (χ2n) is 8.46. The first-order valence-electron chi connectivity index (χ1n) is 9.47. The Bertz CT molecular complexity index is 600. The van der Waals surface area contributed by atoms with Gasteiger partial charge in [0.15, 0.2) is 0 Å². The summed E-state index contributed by atoms with van der Waals surface area (Å²) in [6.45, 7) is 17.4. The van der Waals surface area contributed by atoms with E-state index in [1.54, 1.807) is 0 Å². The van der Waals surface area contributed by atoms with Gasteiger partial charge in [-0.2, -0.15) is 9.05 Å². The molecule has 0 bridgehead atoms. The van der Waals surface area contributed by atoms with Crippen molar-refractivity contribution in [3.63, 3.8) is 0 Å². The number of hydrogen-bond donors (Lipinski definition) is 0. The summed E-state index contributed by atoms with van der Waals surface area (Å²) < 4.78 is 14.9. The van der Waals surface area contributed by atoms with Gasteiger partial charge in [0.2, 0.25) is 0 Å². The van der Waals surface area contributed by atoms with Crippen molar-refractivity contribution in [1.29, 1.82) is 0 Å². The minimum absolute atomic E-state index is 0.0826. The third kappa shape index (κ3) is 6.03. The van der Waals surface area contributed by atoms with Crippen molar-refractivity contribution in [3.8, 4) is 0 Å². The zero-order valence-corrected chi connectivity index (χ0v) is 18.0. The molecule has 1 unspecified atom stereocenters. The molecule has 144 valence electrons. The van der Waals surface area contributed by atoms with Crippen LogP contribution in [0.1, 0.15) is 53.0 Å². The Labute approximate surface area is 161 Å². The van der Waals surface area contributed by atoms with E-state index in [1.165, 1.54) is 11.1 Å². The van der Waals surface area contributed by atoms with Crippen molar-refractivity contribution in [3.05, 3.63) is 60.2 Å². The molecule has 1 aliphatic heterocycles. The van der Waals surface area contributed by atoms with E-state index in [-0.39, 0.29) is 11.0 Å². The molecule has 3 nitrogen and oxygen atoms in total. The molecule has 0 saturated carbocycles. The summed E-state index contributed by atoms with van der Waals surface area (Å²) in [6, 6.07) is 10.6. The van der Waals surface area contributed by atoms with E-state index in [9.17, 15) is 0 Å². The lowest BCUT2D eigenvalue weighted by atomic mass is 9.94. The van der Waals surface area contributed by atoms with Crippen molar-refractivity contribution in [2.45, 2.75) is 59.5 Å². The van der Waals surface area contributed by atoms with Crippen molar-refractivity contribution >= 4 is 8.53 Å². The highest BCUT2D eigenvalue weighted by Gasteiger charge is 2.46. The van der Waals surface area contributed by atoms with Crippen LogP contribution < -0.4 is 0 Å². The Balaban J connectivity index is 2.22. The van der Waals surface area contributed by atoms with E-state index in [2.05, 4.69) is 88.4 Å². The molecular weight excluding hydrogens is 341 g/mol. The first kappa shape index (κ1) is 21.3. The van der Waals surface area contributed by atoms with Crippen molar-refractivity contribution in [2.75, 3.05) is 13.2 Å². The molecule has 0 aliphatic carbocycles. The largest absolute Gasteiger partial charge is 0.336 e. The molecule has 0 N–H and O–H groups in total. The van der Waals surface area contributed by atoms with Gasteiger partial charge in [0.1, 0.15) is 13.2 Å². The van der Waals surface area contributed by atoms with Crippen LogP contribution in [0.3, 0.4) is 0 Å². The number of allylic oxidation sites excluding steroid dienone is 2. The highest BCUT2D eigenvalue weighted by atomic mass is 31.2. The van der Waals surface area contributed by atoms with E-state index >= 15 is 0 Å². The van der Waals surface area contributed by atoms with Gasteiger partial charge >= 0.3 is 8.53 Å². The molecule has 1 atom stereocenters. The van der Waals surface area contributed by atoms with E-state index in [0.29, 0.717) is 0 Å². The molecule has 4 heteroatoms. The van der Waals surface area contributed by atoms with Crippen LogP contribution in [0.4, 0.5) is 0 Å². The maximum atomic E-state index is 6.25. The summed E-state index contributed by atoms with van der Waals surface area (Å²) >= 11 is 0. The Morgan fingerprint density at radius 2 is 1.85 bits per heavy atom. The Morgan fingerprint density at radius 3 is 2.38 bits per heavy atom. The lowest BCUT2D eigenvalue weighted by Crippen LogP contribution is -2.43. The number of hydrogen-bond acceptors (Lipinski definition) is 3. The Hall–Kier alpha value is -0.990. The van der Waals surface area contributed by atoms with Crippen molar-refractivity contribution in [1.82, 2.24) is 4.67 Å². The minimum Gasteiger partial charge on any atom is -0.189 e. The van der Waals surface area contributed by atoms with Gasteiger partial charge in [-0.25, -0.2) is 0 Å². The summed E-state index contributed by atoms with van der Waals surface area (Å²) in [6.07, 6.45) is 6.39. The topological polar surface area (TPSA) is 21.7 Å². The SMILES string of the molecule is C=CC(C)(CCC=C(C)C)N(Cc1ccccc1)[PH+]1OCC(C)(C)CO1. The van der Waals surface area contributed by atoms with Crippen LogP contribution in [0.15, 0.2) is 54.6 Å². The maximum Gasteiger partial charge on any atom is 0.336 e. The smallest absolute Gasteiger partial charge is 0.189 e. The predicted molar refractivity (Wildman–Crippen MR) is 113 cm³/mol. The van der Waals surface area contributed by atoms with Gasteiger partial charge < -0.3 is 0 Å². The third-order valence-corrected chi connectivity index (χ3v) is 6.73. The van der Waals surface area contributed by atoms with Crippen molar-refractivity contribution < 1.29 is 9.05 Å². The zero-order chi connectivity index (χ0) is 19.2. The monoisotopic (exact) mass is 376 g/mol. The van der Waals surface area contributed by atoms with Crippen LogP contribution >= 0.6 is 8.53 Å². The average molecular weight is 377 g/mol. The molecule has 0 radical (unpaired) electrons. The lowest BCUT2D eigenvalue weighted by Gasteiger charge is -2.40. The number of nitrogens with zero attached hydrogens (tertiary/aromatic N) is 1. The summed E-state index contributed by atoms with van der Waals surface area (Å²) in [7, 11) is -1.53. The summed E-state index contributed by atoms with van der Waals surface area (Å²) in [5, 5.41) is 0. The molecular formula is C22H35NO2P+. The van der Waals surface area contributed by atoms with Gasteiger partial charge in [-0.15, -0.1) is 11.2 Å². The van der Waals surface area contributed by atoms with E-state index in [0.717, 1.165) is 32.6 Å². The fraction of sp³-hybridized carbons (Fsp3) is 0.545. The van der Waals surface area contributed by atoms with Gasteiger partial charge in [0, 0.05) is 5.41 Å². The molecule has 1 aromatic carbocycles. The average Bonchev–Trinajstić information content (AvgIpc) is 2.60. The van der Waals surface area contributed by atoms with Gasteiger partial charge in [-0.1, -0.05) is 61.9 Å².